The first-order valence-electron chi connectivity index (χ1n) is 12.7. The lowest BCUT2D eigenvalue weighted by Gasteiger charge is -2.39. The van der Waals surface area contributed by atoms with Crippen LogP contribution in [0.4, 0.5) is 0 Å². The van der Waals surface area contributed by atoms with Crippen molar-refractivity contribution in [1.82, 2.24) is 0 Å². The number of quaternary nitrogens is 2. The molecular formula is C26H53ClN2O4S. The van der Waals surface area contributed by atoms with E-state index in [0.29, 0.717) is 0 Å². The molecule has 1 rings (SSSR count). The Hall–Kier alpha value is -0.700. The molecule has 0 aliphatic rings. The van der Waals surface area contributed by atoms with Gasteiger partial charge in [0.15, 0.2) is 0 Å². The zero-order valence-corrected chi connectivity index (χ0v) is 24.5. The average molecular weight is 525 g/mol. The van der Waals surface area contributed by atoms with Gasteiger partial charge < -0.3 is 25.9 Å². The number of unbranched alkanes of at least 4 members (excludes halogenated alkanes) is 4. The summed E-state index contributed by atoms with van der Waals surface area (Å²) in [6, 6.07) is 10.6. The summed E-state index contributed by atoms with van der Waals surface area (Å²) in [6.07, 6.45) is 11.1. The van der Waals surface area contributed by atoms with Crippen LogP contribution in [-0.4, -0.2) is 73.8 Å². The molecule has 204 valence electrons. The lowest BCUT2D eigenvalue weighted by atomic mass is 10.1. The lowest BCUT2D eigenvalue weighted by molar-refractivity contribution is -0.929. The fourth-order valence-corrected chi connectivity index (χ4v) is 3.78. The minimum Gasteiger partial charge on any atom is -1.00 e. The van der Waals surface area contributed by atoms with E-state index in [0.717, 1.165) is 11.0 Å². The topological polar surface area (TPSA) is 77.4 Å². The Morgan fingerprint density at radius 2 is 1.03 bits per heavy atom. The predicted octanol–water partition coefficient (Wildman–Crippen LogP) is 2.91. The SMILES string of the molecule is CCCC[N+](CCCC)(CCCC)CCCC.C[N+](C)(C)Cc1ccccc1.O=S(=O)([O-])O.[Cl-]. The van der Waals surface area contributed by atoms with Crippen molar-refractivity contribution in [3.63, 3.8) is 0 Å². The van der Waals surface area contributed by atoms with E-state index in [2.05, 4.69) is 79.2 Å². The first-order valence-corrected chi connectivity index (χ1v) is 14.1. The highest BCUT2D eigenvalue weighted by Gasteiger charge is 2.24. The Morgan fingerprint density at radius 3 is 1.26 bits per heavy atom. The standard InChI is InChI=1S/C16H36N.C10H16N.ClH.H2O4S/c1-5-9-13-17(14-10-6-2,15-11-7-3)16-12-8-4;1-11(2,3)9-10-7-5-4-6-8-10;;1-5(2,3)4/h5-16H2,1-4H3;4-8H,9H2,1-3H3;1H;(H2,1,2,3,4)/q2*+1;;/p-2. The Labute approximate surface area is 217 Å². The normalized spacial score (nSPS) is 11.4. The summed E-state index contributed by atoms with van der Waals surface area (Å²) in [6.45, 7) is 16.1. The van der Waals surface area contributed by atoms with E-state index in [9.17, 15) is 0 Å². The molecule has 0 atom stereocenters. The van der Waals surface area contributed by atoms with E-state index in [1.807, 2.05) is 0 Å². The molecule has 0 spiro atoms. The van der Waals surface area contributed by atoms with Crippen LogP contribution in [0.2, 0.25) is 0 Å². The smallest absolute Gasteiger partial charge is 0.215 e. The van der Waals surface area contributed by atoms with Crippen LogP contribution in [0.15, 0.2) is 30.3 Å². The van der Waals surface area contributed by atoms with Crippen molar-refractivity contribution in [2.24, 2.45) is 0 Å². The molecule has 8 heteroatoms. The van der Waals surface area contributed by atoms with Crippen molar-refractivity contribution in [3.8, 4) is 0 Å². The summed E-state index contributed by atoms with van der Waals surface area (Å²) < 4.78 is 35.2. The van der Waals surface area contributed by atoms with Gasteiger partial charge in [-0.3, -0.25) is 4.55 Å². The highest BCUT2D eigenvalue weighted by atomic mass is 35.5. The minimum atomic E-state index is -4.92. The van der Waals surface area contributed by atoms with Gasteiger partial charge in [-0.05, 0) is 25.7 Å². The van der Waals surface area contributed by atoms with Crippen LogP contribution >= 0.6 is 0 Å². The molecule has 34 heavy (non-hydrogen) atoms. The zero-order valence-electron chi connectivity index (χ0n) is 22.9. The Balaban J connectivity index is -0.000000483. The van der Waals surface area contributed by atoms with Crippen LogP contribution in [-0.2, 0) is 16.9 Å². The molecule has 0 fully saturated rings. The van der Waals surface area contributed by atoms with Crippen molar-refractivity contribution in [1.29, 1.82) is 0 Å². The van der Waals surface area contributed by atoms with E-state index in [4.69, 9.17) is 17.5 Å². The lowest BCUT2D eigenvalue weighted by Crippen LogP contribution is -3.00. The second-order valence-corrected chi connectivity index (χ2v) is 10.9. The molecule has 0 unspecified atom stereocenters. The van der Waals surface area contributed by atoms with Gasteiger partial charge in [-0.15, -0.1) is 0 Å². The largest absolute Gasteiger partial charge is 1.00 e. The molecule has 0 aromatic heterocycles. The average Bonchev–Trinajstić information content (AvgIpc) is 2.71. The summed E-state index contributed by atoms with van der Waals surface area (Å²) in [7, 11) is 1.69. The van der Waals surface area contributed by atoms with Crippen LogP contribution in [0, 0.1) is 0 Å². The molecular weight excluding hydrogens is 472 g/mol. The molecule has 0 amide bonds. The molecule has 0 aliphatic heterocycles. The quantitative estimate of drug-likeness (QED) is 0.230. The molecule has 0 bridgehead atoms. The molecule has 0 radical (unpaired) electrons. The Bertz CT molecular complexity index is 620. The molecule has 1 aromatic rings. The monoisotopic (exact) mass is 524 g/mol. The number of halogens is 1. The van der Waals surface area contributed by atoms with Gasteiger partial charge in [0.25, 0.3) is 0 Å². The number of benzene rings is 1. The Kier molecular flexibility index (Phi) is 24.0. The first kappa shape index (κ1) is 37.8. The van der Waals surface area contributed by atoms with Crippen molar-refractivity contribution in [3.05, 3.63) is 35.9 Å². The van der Waals surface area contributed by atoms with Gasteiger partial charge in [0.2, 0.25) is 10.4 Å². The highest BCUT2D eigenvalue weighted by molar-refractivity contribution is 7.79. The van der Waals surface area contributed by atoms with Gasteiger partial charge in [0.05, 0.1) is 47.3 Å². The number of nitrogens with zero attached hydrogens (tertiary/aromatic N) is 2. The fraction of sp³-hybridized carbons (Fsp3) is 0.769. The fourth-order valence-electron chi connectivity index (χ4n) is 3.78. The molecule has 1 aromatic carbocycles. The van der Waals surface area contributed by atoms with E-state index < -0.39 is 10.4 Å². The molecule has 1 N–H and O–H groups in total. The summed E-state index contributed by atoms with van der Waals surface area (Å²) >= 11 is 0. The maximum atomic E-state index is 8.63. The van der Waals surface area contributed by atoms with Gasteiger partial charge in [0, 0.05) is 5.56 Å². The third-order valence-corrected chi connectivity index (χ3v) is 5.44. The summed E-state index contributed by atoms with van der Waals surface area (Å²) in [5.41, 5.74) is 1.40. The van der Waals surface area contributed by atoms with E-state index >= 15 is 0 Å². The van der Waals surface area contributed by atoms with Gasteiger partial charge in [-0.2, -0.15) is 0 Å². The van der Waals surface area contributed by atoms with Gasteiger partial charge in [-0.1, -0.05) is 83.7 Å². The third kappa shape index (κ3) is 27.5. The van der Waals surface area contributed by atoms with E-state index in [1.165, 1.54) is 87.6 Å². The van der Waals surface area contributed by atoms with Crippen LogP contribution in [0.3, 0.4) is 0 Å². The molecule has 0 heterocycles. The van der Waals surface area contributed by atoms with Crippen molar-refractivity contribution in [2.45, 2.75) is 85.6 Å². The summed E-state index contributed by atoms with van der Waals surface area (Å²) in [5.74, 6) is 0. The molecule has 6 nitrogen and oxygen atoms in total. The van der Waals surface area contributed by atoms with E-state index in [1.54, 1.807) is 0 Å². The van der Waals surface area contributed by atoms with Gasteiger partial charge >= 0.3 is 0 Å². The first-order chi connectivity index (χ1) is 15.3. The van der Waals surface area contributed by atoms with Crippen LogP contribution in [0.1, 0.15) is 84.6 Å². The summed E-state index contributed by atoms with van der Waals surface area (Å²) in [4.78, 5) is 0. The second-order valence-electron chi connectivity index (χ2n) is 10.0. The van der Waals surface area contributed by atoms with Gasteiger partial charge in [0.1, 0.15) is 6.54 Å². The molecule has 0 saturated heterocycles. The minimum absolute atomic E-state index is 0. The van der Waals surface area contributed by atoms with Crippen molar-refractivity contribution in [2.75, 3.05) is 47.3 Å². The van der Waals surface area contributed by atoms with Crippen LogP contribution < -0.4 is 12.4 Å². The predicted molar refractivity (Wildman–Crippen MR) is 140 cm³/mol. The zero-order chi connectivity index (χ0) is 25.8. The molecule has 0 aliphatic carbocycles. The van der Waals surface area contributed by atoms with Crippen molar-refractivity contribution >= 4 is 10.4 Å². The maximum absolute atomic E-state index is 8.63. The van der Waals surface area contributed by atoms with Gasteiger partial charge in [-0.25, -0.2) is 8.42 Å². The van der Waals surface area contributed by atoms with Crippen molar-refractivity contribution < 1.29 is 38.9 Å². The van der Waals surface area contributed by atoms with Crippen LogP contribution in [0.25, 0.3) is 0 Å². The second kappa shape index (κ2) is 21.6. The number of hydrogen-bond donors (Lipinski definition) is 1. The number of rotatable bonds is 14. The summed E-state index contributed by atoms with van der Waals surface area (Å²) in [5, 5.41) is 0. The highest BCUT2D eigenvalue weighted by Crippen LogP contribution is 2.16. The molecule has 0 saturated carbocycles. The Morgan fingerprint density at radius 1 is 0.735 bits per heavy atom. The van der Waals surface area contributed by atoms with E-state index in [-0.39, 0.29) is 12.4 Å². The van der Waals surface area contributed by atoms with Crippen LogP contribution in [0.5, 0.6) is 0 Å². The third-order valence-electron chi connectivity index (χ3n) is 5.44. The maximum Gasteiger partial charge on any atom is 0.215 e. The number of hydrogen-bond acceptors (Lipinski definition) is 3.